The molecule has 0 saturated heterocycles. The van der Waals surface area contributed by atoms with Crippen LogP contribution in [0.5, 0.6) is 0 Å². The Morgan fingerprint density at radius 3 is 2.47 bits per heavy atom. The van der Waals surface area contributed by atoms with Gasteiger partial charge in [-0.05, 0) is 5.56 Å². The quantitative estimate of drug-likeness (QED) is 0.844. The molecule has 1 atom stereocenters. The predicted molar refractivity (Wildman–Crippen MR) is 59.2 cm³/mol. The fourth-order valence-electron chi connectivity index (χ4n) is 1.60. The van der Waals surface area contributed by atoms with E-state index in [2.05, 4.69) is 16.3 Å². The Bertz CT molecular complexity index is 411. The average molecular weight is 269 g/mol. The summed E-state index contributed by atoms with van der Waals surface area (Å²) < 4.78 is 9.96. The van der Waals surface area contributed by atoms with Crippen molar-refractivity contribution in [2.24, 2.45) is 0 Å². The zero-order valence-electron chi connectivity index (χ0n) is 8.07. The summed E-state index contributed by atoms with van der Waals surface area (Å²) in [7, 11) is 1.53. The molecule has 2 rings (SSSR count). The molecule has 0 fully saturated rings. The minimum atomic E-state index is -0.606. The maximum atomic E-state index is 11.7. The van der Waals surface area contributed by atoms with Crippen LogP contribution in [0.1, 0.15) is 5.56 Å². The summed E-state index contributed by atoms with van der Waals surface area (Å²) in [6.07, 6.45) is -0.606. The van der Waals surface area contributed by atoms with Crippen LogP contribution in [-0.4, -0.2) is 19.0 Å². The molecule has 0 saturated carbocycles. The van der Waals surface area contributed by atoms with Gasteiger partial charge in [0.2, 0.25) is 5.78 Å². The van der Waals surface area contributed by atoms with Crippen LogP contribution in [0.25, 0.3) is 5.57 Å². The number of carbonyl (C=O) groups excluding carboxylic acids is 1. The summed E-state index contributed by atoms with van der Waals surface area (Å²) in [6.45, 7) is 0. The van der Waals surface area contributed by atoms with Gasteiger partial charge in [-0.2, -0.15) is 0 Å². The highest BCUT2D eigenvalue weighted by Crippen LogP contribution is 2.36. The van der Waals surface area contributed by atoms with Crippen LogP contribution in [0.15, 0.2) is 36.1 Å². The van der Waals surface area contributed by atoms with Gasteiger partial charge in [0.05, 0.1) is 28.9 Å². The molecule has 4 heteroatoms. The van der Waals surface area contributed by atoms with E-state index in [4.69, 9.17) is 8.57 Å². The molecule has 0 aliphatic heterocycles. The highest BCUT2D eigenvalue weighted by atomic mass is 79.9. The number of ether oxygens (including phenoxy) is 1. The lowest BCUT2D eigenvalue weighted by Crippen LogP contribution is -2.36. The van der Waals surface area contributed by atoms with Crippen molar-refractivity contribution in [2.45, 2.75) is 6.10 Å². The second-order valence-corrected chi connectivity index (χ2v) is 3.52. The second-order valence-electron chi connectivity index (χ2n) is 3.14. The van der Waals surface area contributed by atoms with Gasteiger partial charge in [0.25, 0.3) is 0 Å². The molecule has 0 spiro atoms. The van der Waals surface area contributed by atoms with E-state index in [0.29, 0.717) is 11.3 Å². The molecule has 78 valence electrons. The standard InChI is InChI=1S/C11H9BrO3/c1-14-10-8(9(13)11(10)15-12)7-5-3-2-4-6-7/h2-6,11H,1H3. The van der Waals surface area contributed by atoms with Gasteiger partial charge in [0, 0.05) is 0 Å². The summed E-state index contributed by atoms with van der Waals surface area (Å²) in [5, 5.41) is 0. The molecular weight excluding hydrogens is 260 g/mol. The third-order valence-corrected chi connectivity index (χ3v) is 2.71. The van der Waals surface area contributed by atoms with Crippen LogP contribution in [-0.2, 0) is 13.4 Å². The Labute approximate surface area is 96.1 Å². The topological polar surface area (TPSA) is 35.5 Å². The third-order valence-electron chi connectivity index (χ3n) is 2.34. The van der Waals surface area contributed by atoms with Crippen molar-refractivity contribution in [3.63, 3.8) is 0 Å². The molecule has 0 N–H and O–H groups in total. The van der Waals surface area contributed by atoms with E-state index in [1.165, 1.54) is 7.11 Å². The van der Waals surface area contributed by atoms with E-state index in [0.717, 1.165) is 5.56 Å². The zero-order valence-corrected chi connectivity index (χ0v) is 9.65. The van der Waals surface area contributed by atoms with Crippen LogP contribution in [0.4, 0.5) is 0 Å². The van der Waals surface area contributed by atoms with Crippen LogP contribution in [0, 0.1) is 0 Å². The van der Waals surface area contributed by atoms with Crippen LogP contribution in [0.2, 0.25) is 0 Å². The Hall–Kier alpha value is -1.13. The molecule has 1 aromatic rings. The number of benzene rings is 1. The van der Waals surface area contributed by atoms with E-state index in [9.17, 15) is 4.79 Å². The minimum Gasteiger partial charge on any atom is -0.497 e. The summed E-state index contributed by atoms with van der Waals surface area (Å²) in [4.78, 5) is 11.7. The largest absolute Gasteiger partial charge is 0.497 e. The molecule has 1 aliphatic rings. The molecule has 3 nitrogen and oxygen atoms in total. The van der Waals surface area contributed by atoms with Crippen molar-refractivity contribution < 1.29 is 13.4 Å². The van der Waals surface area contributed by atoms with E-state index in [-0.39, 0.29) is 5.78 Å². The van der Waals surface area contributed by atoms with Gasteiger partial charge in [-0.3, -0.25) is 8.62 Å². The van der Waals surface area contributed by atoms with Crippen molar-refractivity contribution in [3.05, 3.63) is 41.7 Å². The molecule has 0 bridgehead atoms. The lowest BCUT2D eigenvalue weighted by Gasteiger charge is -2.28. The van der Waals surface area contributed by atoms with Gasteiger partial charge >= 0.3 is 0 Å². The molecule has 0 amide bonds. The first kappa shape index (κ1) is 10.4. The highest BCUT2D eigenvalue weighted by Gasteiger charge is 2.42. The smallest absolute Gasteiger partial charge is 0.204 e. The fourth-order valence-corrected chi connectivity index (χ4v) is 1.94. The molecule has 1 unspecified atom stereocenters. The van der Waals surface area contributed by atoms with E-state index in [1.54, 1.807) is 0 Å². The minimum absolute atomic E-state index is 0.0603. The summed E-state index contributed by atoms with van der Waals surface area (Å²) in [5.74, 6) is 0.512. The van der Waals surface area contributed by atoms with Gasteiger partial charge in [0.15, 0.2) is 6.10 Å². The zero-order chi connectivity index (χ0) is 10.8. The molecular formula is C11H9BrO3. The third kappa shape index (κ3) is 1.60. The molecule has 0 radical (unpaired) electrons. The number of methoxy groups -OCH3 is 1. The van der Waals surface area contributed by atoms with Crippen molar-refractivity contribution >= 4 is 27.6 Å². The summed E-state index contributed by atoms with van der Waals surface area (Å²) >= 11 is 2.81. The number of ketones is 1. The van der Waals surface area contributed by atoms with Gasteiger partial charge in [0.1, 0.15) is 5.76 Å². The van der Waals surface area contributed by atoms with Crippen molar-refractivity contribution in [2.75, 3.05) is 7.11 Å². The first-order valence-electron chi connectivity index (χ1n) is 4.44. The SMILES string of the molecule is COC1=C(c2ccccc2)C(=O)C1OBr. The van der Waals surface area contributed by atoms with Crippen LogP contribution < -0.4 is 0 Å². The highest BCUT2D eigenvalue weighted by molar-refractivity contribution is 9.06. The number of halogens is 1. The lowest BCUT2D eigenvalue weighted by atomic mass is 9.86. The maximum absolute atomic E-state index is 11.7. The van der Waals surface area contributed by atoms with E-state index < -0.39 is 6.10 Å². The van der Waals surface area contributed by atoms with E-state index >= 15 is 0 Å². The molecule has 0 aromatic heterocycles. The van der Waals surface area contributed by atoms with Crippen molar-refractivity contribution in [3.8, 4) is 0 Å². The molecule has 1 aromatic carbocycles. The van der Waals surface area contributed by atoms with Crippen LogP contribution >= 0.6 is 16.3 Å². The number of Topliss-reactive ketones (excluding diaryl/α,β-unsaturated/α-hetero) is 1. The predicted octanol–water partition coefficient (Wildman–Crippen LogP) is 2.32. The normalized spacial score (nSPS) is 20.1. The van der Waals surface area contributed by atoms with Crippen LogP contribution in [0.3, 0.4) is 0 Å². The average Bonchev–Trinajstić information content (AvgIpc) is 2.27. The Morgan fingerprint density at radius 2 is 1.93 bits per heavy atom. The first-order chi connectivity index (χ1) is 7.29. The van der Waals surface area contributed by atoms with Crippen molar-refractivity contribution in [1.29, 1.82) is 0 Å². The summed E-state index contributed by atoms with van der Waals surface area (Å²) in [6, 6.07) is 9.40. The Kier molecular flexibility index (Phi) is 2.88. The fraction of sp³-hybridized carbons (Fsp3) is 0.182. The summed E-state index contributed by atoms with van der Waals surface area (Å²) in [5.41, 5.74) is 1.46. The number of carbonyl (C=O) groups is 1. The monoisotopic (exact) mass is 268 g/mol. The van der Waals surface area contributed by atoms with Gasteiger partial charge in [-0.1, -0.05) is 30.3 Å². The first-order valence-corrected chi connectivity index (χ1v) is 5.09. The number of hydrogen-bond donors (Lipinski definition) is 0. The van der Waals surface area contributed by atoms with Gasteiger partial charge in [-0.25, -0.2) is 0 Å². The lowest BCUT2D eigenvalue weighted by molar-refractivity contribution is -0.121. The Morgan fingerprint density at radius 1 is 1.27 bits per heavy atom. The van der Waals surface area contributed by atoms with Gasteiger partial charge < -0.3 is 4.74 Å². The van der Waals surface area contributed by atoms with Crippen molar-refractivity contribution in [1.82, 2.24) is 0 Å². The Balaban J connectivity index is 2.42. The van der Waals surface area contributed by atoms with Gasteiger partial charge in [-0.15, -0.1) is 0 Å². The van der Waals surface area contributed by atoms with E-state index in [1.807, 2.05) is 30.3 Å². The number of rotatable bonds is 3. The number of hydrogen-bond acceptors (Lipinski definition) is 3. The second kappa shape index (κ2) is 4.16. The maximum Gasteiger partial charge on any atom is 0.204 e. The molecule has 0 heterocycles. The molecule has 15 heavy (non-hydrogen) atoms. The molecule has 1 aliphatic carbocycles.